The summed E-state index contributed by atoms with van der Waals surface area (Å²) in [4.78, 5) is 18.1. The molecule has 3 aromatic carbocycles. The lowest BCUT2D eigenvalue weighted by Crippen LogP contribution is -2.27. The minimum absolute atomic E-state index is 0.00294. The van der Waals surface area contributed by atoms with E-state index in [9.17, 15) is 9.90 Å². The van der Waals surface area contributed by atoms with Gasteiger partial charge in [-0.15, -0.1) is 0 Å². The highest BCUT2D eigenvalue weighted by Gasteiger charge is 2.18. The van der Waals surface area contributed by atoms with Gasteiger partial charge in [-0.2, -0.15) is 0 Å². The van der Waals surface area contributed by atoms with E-state index in [-0.39, 0.29) is 16.2 Å². The molecule has 0 aliphatic rings. The van der Waals surface area contributed by atoms with Gasteiger partial charge in [-0.25, -0.2) is 0 Å². The zero-order valence-corrected chi connectivity index (χ0v) is 21.3. The minimum Gasteiger partial charge on any atom is -0.497 e. The van der Waals surface area contributed by atoms with Crippen LogP contribution in [0.15, 0.2) is 82.6 Å². The number of rotatable bonds is 7. The number of aromatic nitrogens is 2. The summed E-state index contributed by atoms with van der Waals surface area (Å²) in [5.41, 5.74) is 2.46. The molecule has 0 saturated heterocycles. The Morgan fingerprint density at radius 3 is 1.81 bits per heavy atom. The molecule has 7 nitrogen and oxygen atoms in total. The highest BCUT2D eigenvalue weighted by Crippen LogP contribution is 2.25. The van der Waals surface area contributed by atoms with Gasteiger partial charge in [0.2, 0.25) is 5.88 Å². The van der Waals surface area contributed by atoms with Crippen LogP contribution < -0.4 is 15.0 Å². The van der Waals surface area contributed by atoms with E-state index in [2.05, 4.69) is 18.8 Å². The van der Waals surface area contributed by atoms with Crippen molar-refractivity contribution in [2.45, 2.75) is 19.8 Å². The van der Waals surface area contributed by atoms with Crippen molar-refractivity contribution in [2.24, 2.45) is 4.99 Å². The molecule has 1 aromatic heterocycles. The number of ether oxygens (including phenoxy) is 2. The first-order chi connectivity index (χ1) is 17.3. The minimum atomic E-state index is -0.491. The number of aliphatic imine (C=N–C) groups is 1. The van der Waals surface area contributed by atoms with E-state index < -0.39 is 5.56 Å². The molecule has 0 fully saturated rings. The second-order valence-electron chi connectivity index (χ2n) is 8.40. The van der Waals surface area contributed by atoms with Gasteiger partial charge in [-0.05, 0) is 84.4 Å². The van der Waals surface area contributed by atoms with Gasteiger partial charge in [0, 0.05) is 6.21 Å². The smallest absolute Gasteiger partial charge is 0.271 e. The Hall–Kier alpha value is -4.17. The maximum atomic E-state index is 13.6. The standard InChI is InChI=1S/C28H27N3O4S/c1-18(2)19-5-7-20(8-6-19)29-17-25-26(32)30(21-9-13-23(34-3)14-10-21)28(36)31(27(25)33)22-11-15-24(35-4)16-12-22/h5-18,32H,1-4H3. The summed E-state index contributed by atoms with van der Waals surface area (Å²) in [5.74, 6) is 1.39. The van der Waals surface area contributed by atoms with Gasteiger partial charge < -0.3 is 14.6 Å². The Labute approximate surface area is 214 Å². The lowest BCUT2D eigenvalue weighted by Gasteiger charge is -2.17. The van der Waals surface area contributed by atoms with Crippen molar-refractivity contribution in [1.82, 2.24) is 9.13 Å². The summed E-state index contributed by atoms with van der Waals surface area (Å²) in [6.07, 6.45) is 1.37. The molecule has 0 spiro atoms. The van der Waals surface area contributed by atoms with Gasteiger partial charge in [-0.3, -0.25) is 18.9 Å². The molecular weight excluding hydrogens is 474 g/mol. The molecule has 0 aliphatic heterocycles. The van der Waals surface area contributed by atoms with Gasteiger partial charge in [0.25, 0.3) is 5.56 Å². The van der Waals surface area contributed by atoms with Crippen molar-refractivity contribution in [3.8, 4) is 28.8 Å². The molecule has 0 unspecified atom stereocenters. The second kappa shape index (κ2) is 10.6. The lowest BCUT2D eigenvalue weighted by atomic mass is 10.0. The average molecular weight is 502 g/mol. The molecule has 184 valence electrons. The number of aromatic hydroxyl groups is 1. The van der Waals surface area contributed by atoms with Crippen LogP contribution in [0, 0.1) is 4.77 Å². The van der Waals surface area contributed by atoms with Crippen molar-refractivity contribution in [1.29, 1.82) is 0 Å². The molecule has 0 aliphatic carbocycles. The van der Waals surface area contributed by atoms with Crippen LogP contribution in [0.1, 0.15) is 30.9 Å². The van der Waals surface area contributed by atoms with Crippen LogP contribution in [0.5, 0.6) is 17.4 Å². The van der Waals surface area contributed by atoms with E-state index in [1.165, 1.54) is 20.9 Å². The Balaban J connectivity index is 1.91. The first-order valence-electron chi connectivity index (χ1n) is 11.4. The molecule has 0 saturated carbocycles. The van der Waals surface area contributed by atoms with E-state index in [0.717, 1.165) is 0 Å². The molecule has 4 rings (SSSR count). The SMILES string of the molecule is COc1ccc(-n2c(O)c(C=Nc3ccc(C(C)C)cc3)c(=O)n(-c3ccc(OC)cc3)c2=S)cc1. The fourth-order valence-corrected chi connectivity index (χ4v) is 4.11. The number of hydrogen-bond acceptors (Lipinski definition) is 6. The number of hydrogen-bond donors (Lipinski definition) is 1. The first-order valence-corrected chi connectivity index (χ1v) is 11.8. The van der Waals surface area contributed by atoms with E-state index in [1.807, 2.05) is 24.3 Å². The zero-order chi connectivity index (χ0) is 25.8. The Bertz CT molecular complexity index is 1500. The van der Waals surface area contributed by atoms with E-state index in [1.54, 1.807) is 62.8 Å². The fourth-order valence-electron chi connectivity index (χ4n) is 3.73. The normalized spacial score (nSPS) is 11.2. The zero-order valence-electron chi connectivity index (χ0n) is 20.5. The largest absolute Gasteiger partial charge is 0.497 e. The Kier molecular flexibility index (Phi) is 7.36. The summed E-state index contributed by atoms with van der Waals surface area (Å²) in [6.45, 7) is 4.23. The first kappa shape index (κ1) is 24.9. The summed E-state index contributed by atoms with van der Waals surface area (Å²) >= 11 is 5.69. The van der Waals surface area contributed by atoms with Crippen LogP contribution in [0.3, 0.4) is 0 Å². The fraction of sp³-hybridized carbons (Fsp3) is 0.179. The molecule has 1 N–H and O–H groups in total. The molecule has 0 radical (unpaired) electrons. The highest BCUT2D eigenvalue weighted by atomic mass is 32.1. The predicted octanol–water partition coefficient (Wildman–Crippen LogP) is 5.95. The monoisotopic (exact) mass is 501 g/mol. The lowest BCUT2D eigenvalue weighted by molar-refractivity contribution is 0.414. The van der Waals surface area contributed by atoms with Gasteiger partial charge in [-0.1, -0.05) is 26.0 Å². The predicted molar refractivity (Wildman–Crippen MR) is 145 cm³/mol. The third-order valence-corrected chi connectivity index (χ3v) is 6.20. The topological polar surface area (TPSA) is 78.0 Å². The van der Waals surface area contributed by atoms with Gasteiger partial charge in [0.05, 0.1) is 31.3 Å². The van der Waals surface area contributed by atoms with Crippen LogP contribution in [0.4, 0.5) is 5.69 Å². The molecule has 4 aromatic rings. The molecular formula is C28H27N3O4S. The van der Waals surface area contributed by atoms with Gasteiger partial charge in [0.15, 0.2) is 4.77 Å². The Morgan fingerprint density at radius 1 is 0.833 bits per heavy atom. The summed E-state index contributed by atoms with van der Waals surface area (Å²) in [6, 6.07) is 21.7. The van der Waals surface area contributed by atoms with Crippen molar-refractivity contribution < 1.29 is 14.6 Å². The number of benzene rings is 3. The quantitative estimate of drug-likeness (QED) is 0.250. The number of methoxy groups -OCH3 is 2. The van der Waals surface area contributed by atoms with Crippen LogP contribution in [-0.4, -0.2) is 34.7 Å². The van der Waals surface area contributed by atoms with Crippen LogP contribution in [0.25, 0.3) is 11.4 Å². The third kappa shape index (κ3) is 4.94. The molecule has 0 bridgehead atoms. The van der Waals surface area contributed by atoms with Crippen molar-refractivity contribution in [3.63, 3.8) is 0 Å². The van der Waals surface area contributed by atoms with Crippen molar-refractivity contribution >= 4 is 24.1 Å². The summed E-state index contributed by atoms with van der Waals surface area (Å²) in [7, 11) is 3.14. The summed E-state index contributed by atoms with van der Waals surface area (Å²) < 4.78 is 13.4. The molecule has 8 heteroatoms. The van der Waals surface area contributed by atoms with Gasteiger partial charge in [0.1, 0.15) is 17.1 Å². The van der Waals surface area contributed by atoms with Crippen molar-refractivity contribution in [3.05, 3.63) is 99.0 Å². The van der Waals surface area contributed by atoms with E-state index >= 15 is 0 Å². The van der Waals surface area contributed by atoms with Gasteiger partial charge >= 0.3 is 0 Å². The molecule has 36 heavy (non-hydrogen) atoms. The highest BCUT2D eigenvalue weighted by molar-refractivity contribution is 7.71. The maximum absolute atomic E-state index is 13.6. The second-order valence-corrected chi connectivity index (χ2v) is 8.76. The third-order valence-electron chi connectivity index (χ3n) is 5.83. The van der Waals surface area contributed by atoms with Crippen LogP contribution in [-0.2, 0) is 0 Å². The Morgan fingerprint density at radius 2 is 1.33 bits per heavy atom. The average Bonchev–Trinajstić information content (AvgIpc) is 2.89. The van der Waals surface area contributed by atoms with E-state index in [4.69, 9.17) is 21.7 Å². The van der Waals surface area contributed by atoms with E-state index in [0.29, 0.717) is 34.5 Å². The van der Waals surface area contributed by atoms with Crippen LogP contribution >= 0.6 is 12.2 Å². The van der Waals surface area contributed by atoms with Crippen molar-refractivity contribution in [2.75, 3.05) is 14.2 Å². The summed E-state index contributed by atoms with van der Waals surface area (Å²) in [5, 5.41) is 11.2. The molecule has 0 atom stereocenters. The molecule has 1 heterocycles. The number of nitrogens with zero attached hydrogens (tertiary/aromatic N) is 3. The molecule has 0 amide bonds. The van der Waals surface area contributed by atoms with Crippen LogP contribution in [0.2, 0.25) is 0 Å². The maximum Gasteiger partial charge on any atom is 0.271 e.